The lowest BCUT2D eigenvalue weighted by molar-refractivity contribution is 0.288. The van der Waals surface area contributed by atoms with E-state index in [2.05, 4.69) is 30.6 Å². The summed E-state index contributed by atoms with van der Waals surface area (Å²) in [5, 5.41) is 24.0. The summed E-state index contributed by atoms with van der Waals surface area (Å²) in [7, 11) is 0. The standard InChI is InChI=1S/C23H26N8O2/c1-15-12-22(29-28-15)26-21-13-16(6-5-11-32)25-23(27-21)31-10-4-8-19(31)20-14-18(30-33-20)17-7-2-3-9-24-17/h2-3,7,9,12-14,19,32H,4-6,8,10-11H2,1H3,(H2,25,26,27,28,29). The van der Waals surface area contributed by atoms with Gasteiger partial charge in [-0.2, -0.15) is 10.1 Å². The maximum Gasteiger partial charge on any atom is 0.228 e. The van der Waals surface area contributed by atoms with Crippen LogP contribution in [0.25, 0.3) is 11.4 Å². The highest BCUT2D eigenvalue weighted by molar-refractivity contribution is 5.56. The number of anilines is 3. The number of nitrogens with one attached hydrogen (secondary N) is 2. The monoisotopic (exact) mass is 446 g/mol. The Morgan fingerprint density at radius 1 is 1.18 bits per heavy atom. The van der Waals surface area contributed by atoms with Gasteiger partial charge in [0.15, 0.2) is 11.6 Å². The number of aromatic amines is 1. The van der Waals surface area contributed by atoms with E-state index in [1.165, 1.54) is 0 Å². The molecule has 3 N–H and O–H groups in total. The SMILES string of the molecule is Cc1cc(Nc2cc(CCCO)nc(N3CCCC3c3cc(-c4ccccn4)no3)n2)n[nH]1. The molecule has 0 aliphatic carbocycles. The lowest BCUT2D eigenvalue weighted by atomic mass is 10.1. The minimum Gasteiger partial charge on any atom is -0.396 e. The highest BCUT2D eigenvalue weighted by Gasteiger charge is 2.32. The third-order valence-electron chi connectivity index (χ3n) is 5.61. The zero-order chi connectivity index (χ0) is 22.6. The summed E-state index contributed by atoms with van der Waals surface area (Å²) in [6.45, 7) is 2.87. The Balaban J connectivity index is 1.44. The molecule has 10 heteroatoms. The van der Waals surface area contributed by atoms with Crippen molar-refractivity contribution >= 4 is 17.6 Å². The van der Waals surface area contributed by atoms with Crippen molar-refractivity contribution in [2.75, 3.05) is 23.4 Å². The first kappa shape index (κ1) is 21.1. The van der Waals surface area contributed by atoms with E-state index in [4.69, 9.17) is 14.5 Å². The summed E-state index contributed by atoms with van der Waals surface area (Å²) in [5.41, 5.74) is 3.31. The van der Waals surface area contributed by atoms with Crippen LogP contribution in [-0.2, 0) is 6.42 Å². The molecule has 5 rings (SSSR count). The van der Waals surface area contributed by atoms with Gasteiger partial charge in [-0.25, -0.2) is 4.98 Å². The summed E-state index contributed by atoms with van der Waals surface area (Å²) >= 11 is 0. The first-order valence-electron chi connectivity index (χ1n) is 11.1. The Morgan fingerprint density at radius 2 is 2.12 bits per heavy atom. The molecule has 0 radical (unpaired) electrons. The molecule has 0 saturated carbocycles. The Hall–Kier alpha value is -3.79. The topological polar surface area (TPSA) is 129 Å². The third kappa shape index (κ3) is 4.70. The number of aliphatic hydroxyl groups is 1. The van der Waals surface area contributed by atoms with Gasteiger partial charge in [-0.3, -0.25) is 10.1 Å². The van der Waals surface area contributed by atoms with Gasteiger partial charge in [0.2, 0.25) is 5.95 Å². The molecular weight excluding hydrogens is 420 g/mol. The van der Waals surface area contributed by atoms with Crippen LogP contribution in [0, 0.1) is 6.92 Å². The molecule has 1 atom stereocenters. The van der Waals surface area contributed by atoms with Crippen molar-refractivity contribution in [2.45, 2.75) is 38.6 Å². The number of rotatable bonds is 8. The molecule has 0 bridgehead atoms. The van der Waals surface area contributed by atoms with Crippen LogP contribution in [-0.4, -0.2) is 48.6 Å². The molecule has 4 aromatic rings. The van der Waals surface area contributed by atoms with E-state index >= 15 is 0 Å². The zero-order valence-corrected chi connectivity index (χ0v) is 18.4. The second kappa shape index (κ2) is 9.37. The second-order valence-electron chi connectivity index (χ2n) is 8.11. The van der Waals surface area contributed by atoms with Gasteiger partial charge in [0.1, 0.15) is 11.5 Å². The predicted octanol–water partition coefficient (Wildman–Crippen LogP) is 3.57. The molecular formula is C23H26N8O2. The highest BCUT2D eigenvalue weighted by Crippen LogP contribution is 2.36. The summed E-state index contributed by atoms with van der Waals surface area (Å²) in [6, 6.07) is 11.5. The molecule has 5 heterocycles. The number of aliphatic hydroxyl groups excluding tert-OH is 1. The molecule has 0 spiro atoms. The number of H-pyrrole nitrogens is 1. The Morgan fingerprint density at radius 3 is 2.91 bits per heavy atom. The van der Waals surface area contributed by atoms with E-state index < -0.39 is 0 Å². The Kier molecular flexibility index (Phi) is 5.99. The van der Waals surface area contributed by atoms with Gasteiger partial charge in [0.25, 0.3) is 0 Å². The smallest absolute Gasteiger partial charge is 0.228 e. The summed E-state index contributed by atoms with van der Waals surface area (Å²) in [4.78, 5) is 16.1. The largest absolute Gasteiger partial charge is 0.396 e. The lowest BCUT2D eigenvalue weighted by Crippen LogP contribution is -2.25. The lowest BCUT2D eigenvalue weighted by Gasteiger charge is -2.23. The first-order valence-corrected chi connectivity index (χ1v) is 11.1. The molecule has 0 aromatic carbocycles. The van der Waals surface area contributed by atoms with Crippen LogP contribution in [0.1, 0.15) is 42.5 Å². The van der Waals surface area contributed by atoms with Gasteiger partial charge in [-0.05, 0) is 44.7 Å². The van der Waals surface area contributed by atoms with Crippen molar-refractivity contribution in [3.8, 4) is 11.4 Å². The summed E-state index contributed by atoms with van der Waals surface area (Å²) in [6.07, 6.45) is 4.95. The summed E-state index contributed by atoms with van der Waals surface area (Å²) in [5.74, 6) is 2.75. The van der Waals surface area contributed by atoms with Crippen molar-refractivity contribution in [2.24, 2.45) is 0 Å². The Labute approximate surface area is 191 Å². The molecule has 0 amide bonds. The number of aromatic nitrogens is 6. The van der Waals surface area contributed by atoms with E-state index in [1.807, 2.05) is 43.3 Å². The van der Waals surface area contributed by atoms with E-state index in [0.29, 0.717) is 36.1 Å². The first-order chi connectivity index (χ1) is 16.2. The van der Waals surface area contributed by atoms with E-state index in [-0.39, 0.29) is 12.6 Å². The van der Waals surface area contributed by atoms with Gasteiger partial charge >= 0.3 is 0 Å². The number of aryl methyl sites for hydroxylation is 2. The fourth-order valence-electron chi connectivity index (χ4n) is 4.06. The van der Waals surface area contributed by atoms with Crippen LogP contribution in [0.15, 0.2) is 47.1 Å². The molecule has 170 valence electrons. The third-order valence-corrected chi connectivity index (χ3v) is 5.61. The van der Waals surface area contributed by atoms with Gasteiger partial charge in [0, 0.05) is 48.9 Å². The summed E-state index contributed by atoms with van der Waals surface area (Å²) < 4.78 is 5.73. The van der Waals surface area contributed by atoms with Crippen LogP contribution >= 0.6 is 0 Å². The molecule has 1 saturated heterocycles. The van der Waals surface area contributed by atoms with E-state index in [1.54, 1.807) is 6.20 Å². The van der Waals surface area contributed by atoms with Crippen molar-refractivity contribution in [3.63, 3.8) is 0 Å². The van der Waals surface area contributed by atoms with Crippen LogP contribution in [0.3, 0.4) is 0 Å². The zero-order valence-electron chi connectivity index (χ0n) is 18.4. The van der Waals surface area contributed by atoms with Gasteiger partial charge in [-0.15, -0.1) is 0 Å². The average Bonchev–Trinajstić information content (AvgIpc) is 3.59. The highest BCUT2D eigenvalue weighted by atomic mass is 16.5. The quantitative estimate of drug-likeness (QED) is 0.372. The number of hydrogen-bond donors (Lipinski definition) is 3. The molecule has 1 unspecified atom stereocenters. The van der Waals surface area contributed by atoms with Gasteiger partial charge < -0.3 is 19.8 Å². The van der Waals surface area contributed by atoms with Gasteiger partial charge in [0.05, 0.1) is 11.7 Å². The van der Waals surface area contributed by atoms with Crippen LogP contribution in [0.4, 0.5) is 17.6 Å². The molecule has 33 heavy (non-hydrogen) atoms. The number of pyridine rings is 1. The van der Waals surface area contributed by atoms with Gasteiger partial charge in [-0.1, -0.05) is 11.2 Å². The number of hydrogen-bond acceptors (Lipinski definition) is 9. The molecule has 1 aliphatic rings. The van der Waals surface area contributed by atoms with Crippen LogP contribution in [0.5, 0.6) is 0 Å². The van der Waals surface area contributed by atoms with Crippen molar-refractivity contribution in [1.82, 2.24) is 30.3 Å². The normalized spacial score (nSPS) is 15.8. The van der Waals surface area contributed by atoms with Crippen molar-refractivity contribution in [3.05, 3.63) is 59.7 Å². The average molecular weight is 447 g/mol. The molecule has 1 fully saturated rings. The number of nitrogens with zero attached hydrogens (tertiary/aromatic N) is 6. The fourth-order valence-corrected chi connectivity index (χ4v) is 4.06. The maximum atomic E-state index is 9.29. The molecule has 1 aliphatic heterocycles. The Bertz CT molecular complexity index is 1210. The fraction of sp³-hybridized carbons (Fsp3) is 0.348. The minimum absolute atomic E-state index is 0.0106. The van der Waals surface area contributed by atoms with Crippen LogP contribution < -0.4 is 10.2 Å². The van der Waals surface area contributed by atoms with Crippen LogP contribution in [0.2, 0.25) is 0 Å². The van der Waals surface area contributed by atoms with E-state index in [9.17, 15) is 5.11 Å². The maximum absolute atomic E-state index is 9.29. The van der Waals surface area contributed by atoms with E-state index in [0.717, 1.165) is 42.2 Å². The van der Waals surface area contributed by atoms with Crippen molar-refractivity contribution in [1.29, 1.82) is 0 Å². The minimum atomic E-state index is -0.0106. The molecule has 10 nitrogen and oxygen atoms in total. The molecule has 4 aromatic heterocycles. The van der Waals surface area contributed by atoms with Crippen molar-refractivity contribution < 1.29 is 9.63 Å². The second-order valence-corrected chi connectivity index (χ2v) is 8.11. The predicted molar refractivity (Wildman–Crippen MR) is 123 cm³/mol.